The molecular weight excluding hydrogens is 168 g/mol. The van der Waals surface area contributed by atoms with Crippen molar-refractivity contribution in [3.63, 3.8) is 0 Å². The maximum Gasteiger partial charge on any atom is 0.331 e. The molecule has 1 rings (SSSR count). The second kappa shape index (κ2) is 4.61. The molecule has 0 saturated heterocycles. The van der Waals surface area contributed by atoms with E-state index in [1.54, 1.807) is 6.21 Å². The van der Waals surface area contributed by atoms with E-state index in [0.29, 0.717) is 0 Å². The molecule has 1 fully saturated rings. The molecule has 0 aromatic rings. The first-order valence-electron chi connectivity index (χ1n) is 4.34. The van der Waals surface area contributed by atoms with Crippen LogP contribution in [0, 0.1) is 23.2 Å². The highest BCUT2D eigenvalue weighted by Crippen LogP contribution is 2.29. The molecule has 0 bridgehead atoms. The van der Waals surface area contributed by atoms with Gasteiger partial charge in [0.05, 0.1) is 12.0 Å². The molecule has 1 saturated carbocycles. The van der Waals surface area contributed by atoms with Gasteiger partial charge in [-0.25, -0.2) is 4.79 Å². The van der Waals surface area contributed by atoms with Gasteiger partial charge >= 0.3 is 5.97 Å². The molecule has 0 aromatic carbocycles. The molecule has 0 radical (unpaired) electrons. The smallest absolute Gasteiger partial charge is 0.319 e. The van der Waals surface area contributed by atoms with E-state index in [4.69, 9.17) is 5.26 Å². The van der Waals surface area contributed by atoms with Crippen LogP contribution in [0.4, 0.5) is 0 Å². The van der Waals surface area contributed by atoms with E-state index in [0.717, 1.165) is 19.3 Å². The van der Waals surface area contributed by atoms with E-state index in [1.807, 2.05) is 0 Å². The molecule has 0 amide bonds. The number of nitrogens with zero attached hydrogens (tertiary/aromatic N) is 2. The summed E-state index contributed by atoms with van der Waals surface area (Å²) in [6.07, 6.45) is 4.51. The largest absolute Gasteiger partial charge is 0.331 e. The summed E-state index contributed by atoms with van der Waals surface area (Å²) in [5.74, 6) is -0.230. The lowest BCUT2D eigenvalue weighted by Gasteiger charge is -2.04. The van der Waals surface area contributed by atoms with Crippen molar-refractivity contribution in [1.29, 1.82) is 5.26 Å². The zero-order chi connectivity index (χ0) is 9.68. The fourth-order valence-corrected chi connectivity index (χ4v) is 1.51. The van der Waals surface area contributed by atoms with Gasteiger partial charge in [0, 0.05) is 19.1 Å². The first-order chi connectivity index (χ1) is 6.24. The second-order valence-electron chi connectivity index (χ2n) is 3.17. The van der Waals surface area contributed by atoms with Gasteiger partial charge in [0.2, 0.25) is 0 Å². The van der Waals surface area contributed by atoms with Crippen LogP contribution in [0.5, 0.6) is 0 Å². The number of rotatable bonds is 2. The van der Waals surface area contributed by atoms with Gasteiger partial charge in [0.25, 0.3) is 0 Å². The molecule has 0 N–H and O–H groups in total. The minimum Gasteiger partial charge on any atom is -0.319 e. The maximum atomic E-state index is 10.4. The number of hydrogen-bond acceptors (Lipinski definition) is 4. The standard InChI is InChI=1S/C9H12N2O2/c1-7(12)13-11-6-9-4-2-3-8(9)5-10/h6,8-9H,2-4H2,1H3. The van der Waals surface area contributed by atoms with Crippen LogP contribution in [-0.2, 0) is 9.63 Å². The minimum atomic E-state index is -0.428. The molecule has 2 unspecified atom stereocenters. The van der Waals surface area contributed by atoms with Gasteiger partial charge in [0.1, 0.15) is 0 Å². The van der Waals surface area contributed by atoms with Crippen LogP contribution >= 0.6 is 0 Å². The number of hydrogen-bond donors (Lipinski definition) is 0. The lowest BCUT2D eigenvalue weighted by atomic mass is 9.99. The normalized spacial score (nSPS) is 27.4. The SMILES string of the molecule is CC(=O)ON=CC1CCCC1C#N. The van der Waals surface area contributed by atoms with Crippen LogP contribution in [0.15, 0.2) is 5.16 Å². The zero-order valence-electron chi connectivity index (χ0n) is 7.56. The predicted molar refractivity (Wildman–Crippen MR) is 46.7 cm³/mol. The molecule has 0 aliphatic heterocycles. The topological polar surface area (TPSA) is 62.4 Å². The van der Waals surface area contributed by atoms with Crippen LogP contribution in [0.2, 0.25) is 0 Å². The monoisotopic (exact) mass is 180 g/mol. The minimum absolute atomic E-state index is 0.0410. The highest BCUT2D eigenvalue weighted by Gasteiger charge is 2.25. The number of carbonyl (C=O) groups is 1. The Hall–Kier alpha value is -1.37. The Balaban J connectivity index is 2.40. The number of carbonyl (C=O) groups excluding carboxylic acids is 1. The van der Waals surface area contributed by atoms with Crippen molar-refractivity contribution in [2.24, 2.45) is 17.0 Å². The molecule has 4 heteroatoms. The number of oxime groups is 1. The van der Waals surface area contributed by atoms with Gasteiger partial charge < -0.3 is 4.84 Å². The second-order valence-corrected chi connectivity index (χ2v) is 3.17. The predicted octanol–water partition coefficient (Wildman–Crippen LogP) is 1.48. The summed E-state index contributed by atoms with van der Waals surface area (Å²) in [6, 6.07) is 2.22. The first-order valence-corrected chi connectivity index (χ1v) is 4.34. The molecule has 70 valence electrons. The number of nitriles is 1. The van der Waals surface area contributed by atoms with Crippen LogP contribution in [0.3, 0.4) is 0 Å². The Bertz CT molecular complexity index is 255. The molecule has 0 spiro atoms. The first kappa shape index (κ1) is 9.72. The lowest BCUT2D eigenvalue weighted by Crippen LogP contribution is -2.07. The van der Waals surface area contributed by atoms with Crippen molar-refractivity contribution in [2.45, 2.75) is 26.2 Å². The van der Waals surface area contributed by atoms with Crippen LogP contribution in [0.1, 0.15) is 26.2 Å². The van der Waals surface area contributed by atoms with E-state index in [-0.39, 0.29) is 11.8 Å². The van der Waals surface area contributed by atoms with Gasteiger partial charge in [-0.1, -0.05) is 11.6 Å². The Morgan fingerprint density at radius 3 is 3.08 bits per heavy atom. The average Bonchev–Trinajstić information content (AvgIpc) is 2.51. The van der Waals surface area contributed by atoms with Gasteiger partial charge in [-0.05, 0) is 12.8 Å². The molecule has 4 nitrogen and oxygen atoms in total. The van der Waals surface area contributed by atoms with Crippen LogP contribution in [0.25, 0.3) is 0 Å². The summed E-state index contributed by atoms with van der Waals surface area (Å²) in [6.45, 7) is 1.30. The van der Waals surface area contributed by atoms with Gasteiger partial charge in [0.15, 0.2) is 0 Å². The molecule has 1 aliphatic rings. The lowest BCUT2D eigenvalue weighted by molar-refractivity contribution is -0.140. The van der Waals surface area contributed by atoms with E-state index < -0.39 is 5.97 Å². The van der Waals surface area contributed by atoms with E-state index in [2.05, 4.69) is 16.1 Å². The quantitative estimate of drug-likeness (QED) is 0.367. The highest BCUT2D eigenvalue weighted by atomic mass is 16.7. The summed E-state index contributed by atoms with van der Waals surface area (Å²) >= 11 is 0. The van der Waals surface area contributed by atoms with Crippen molar-refractivity contribution < 1.29 is 9.63 Å². The van der Waals surface area contributed by atoms with Gasteiger partial charge in [-0.2, -0.15) is 5.26 Å². The van der Waals surface area contributed by atoms with E-state index >= 15 is 0 Å². The van der Waals surface area contributed by atoms with E-state index in [9.17, 15) is 4.79 Å². The molecule has 13 heavy (non-hydrogen) atoms. The van der Waals surface area contributed by atoms with Crippen LogP contribution < -0.4 is 0 Å². The van der Waals surface area contributed by atoms with Crippen molar-refractivity contribution in [3.05, 3.63) is 0 Å². The Labute approximate surface area is 77.2 Å². The Kier molecular flexibility index (Phi) is 3.44. The Morgan fingerprint density at radius 1 is 1.69 bits per heavy atom. The third-order valence-electron chi connectivity index (χ3n) is 2.17. The molecular formula is C9H12N2O2. The summed E-state index contributed by atoms with van der Waals surface area (Å²) in [7, 11) is 0. The van der Waals surface area contributed by atoms with Crippen molar-refractivity contribution in [2.75, 3.05) is 0 Å². The third-order valence-corrected chi connectivity index (χ3v) is 2.17. The fraction of sp³-hybridized carbons (Fsp3) is 0.667. The van der Waals surface area contributed by atoms with Gasteiger partial charge in [-0.15, -0.1) is 0 Å². The van der Waals surface area contributed by atoms with E-state index in [1.165, 1.54) is 6.92 Å². The van der Waals surface area contributed by atoms with Crippen LogP contribution in [-0.4, -0.2) is 12.2 Å². The molecule has 0 aromatic heterocycles. The van der Waals surface area contributed by atoms with Gasteiger partial charge in [-0.3, -0.25) is 0 Å². The highest BCUT2D eigenvalue weighted by molar-refractivity contribution is 5.68. The summed E-state index contributed by atoms with van der Waals surface area (Å²) in [5, 5.41) is 12.3. The molecule has 0 heterocycles. The van der Waals surface area contributed by atoms with Crippen molar-refractivity contribution in [1.82, 2.24) is 0 Å². The van der Waals surface area contributed by atoms with Crippen molar-refractivity contribution in [3.8, 4) is 6.07 Å². The average molecular weight is 180 g/mol. The summed E-state index contributed by atoms with van der Waals surface area (Å²) in [4.78, 5) is 14.8. The molecule has 1 aliphatic carbocycles. The zero-order valence-corrected chi connectivity index (χ0v) is 7.56. The summed E-state index contributed by atoms with van der Waals surface area (Å²) in [5.41, 5.74) is 0. The summed E-state index contributed by atoms with van der Waals surface area (Å²) < 4.78 is 0. The third kappa shape index (κ3) is 2.86. The van der Waals surface area contributed by atoms with Crippen molar-refractivity contribution >= 4 is 12.2 Å². The Morgan fingerprint density at radius 2 is 2.46 bits per heavy atom. The maximum absolute atomic E-state index is 10.4. The fourth-order valence-electron chi connectivity index (χ4n) is 1.51. The molecule has 2 atom stereocenters.